The number of ketones is 2. The number of aromatic nitrogens is 1. The Kier molecular flexibility index (Phi) is 33.3. The SMILES string of the molecule is CC(C)Cc1ccc(C(C)C)cc1.CC(C)c1ccc(-c2ccc(O)cc2)c(F)c1.CC(C)c1ccc(CC2CCCC2=O)cc1.CC(C)c1ccc2c(c1)Oc1ncccc1C2.CC(C)c1cccc(C(=O)c2ccccc2)c1.CC(C)c1cccc(Oc2ccccc2)c1.COc1ccc2cc(C(C)C)ccc2c1. The van der Waals surface area contributed by atoms with Crippen molar-refractivity contribution in [2.45, 2.75) is 191 Å². The second kappa shape index (κ2) is 43.0. The number of hydrogen-bond acceptors (Lipinski definition) is 7. The number of phenolic OH excluding ortho intramolecular Hbond substituents is 1. The summed E-state index contributed by atoms with van der Waals surface area (Å²) < 4.78 is 30.8. The van der Waals surface area contributed by atoms with Gasteiger partial charge < -0.3 is 19.3 Å². The molecule has 1 atom stereocenters. The number of aromatic hydroxyl groups is 1. The van der Waals surface area contributed by atoms with Gasteiger partial charge in [-0.15, -0.1) is 0 Å². The molecular weight excluding hydrogens is 1370 g/mol. The van der Waals surface area contributed by atoms with Crippen LogP contribution in [0.3, 0.4) is 0 Å². The summed E-state index contributed by atoms with van der Waals surface area (Å²) in [6, 6.07) is 88.3. The second-order valence-electron chi connectivity index (χ2n) is 31.6. The van der Waals surface area contributed by atoms with Crippen LogP contribution in [0.15, 0.2) is 273 Å². The van der Waals surface area contributed by atoms with E-state index in [4.69, 9.17) is 14.2 Å². The van der Waals surface area contributed by atoms with Crippen molar-refractivity contribution in [3.63, 3.8) is 0 Å². The van der Waals surface area contributed by atoms with Gasteiger partial charge in [0.2, 0.25) is 5.88 Å². The highest BCUT2D eigenvalue weighted by Crippen LogP contribution is 2.37. The van der Waals surface area contributed by atoms with E-state index >= 15 is 0 Å². The molecule has 11 aromatic carbocycles. The summed E-state index contributed by atoms with van der Waals surface area (Å²) in [5.41, 5.74) is 17.0. The number of ether oxygens (including phenoxy) is 3. The topological polar surface area (TPSA) is 95.0 Å². The maximum Gasteiger partial charge on any atom is 0.222 e. The molecule has 1 unspecified atom stereocenters. The van der Waals surface area contributed by atoms with Gasteiger partial charge in [-0.1, -0.05) is 305 Å². The molecule has 1 fully saturated rings. The number of para-hydroxylation sites is 1. The minimum Gasteiger partial charge on any atom is -0.508 e. The molecule has 1 aliphatic heterocycles. The van der Waals surface area contributed by atoms with Crippen LogP contribution in [-0.2, 0) is 24.1 Å². The zero-order chi connectivity index (χ0) is 80.1. The standard InChI is InChI=1S/C16H16O.C15H15FO.C15H15NO.C15H20O.C15H16O.C14H16O.C13H20/c1-12(2)14-9-6-10-15(11-14)16(17)13-7-4-3-5-8-13;1-10(2)12-5-8-14(15(16)9-12)11-3-6-13(17)7-4-11;1-10(2)11-5-6-12-8-13-4-3-7-16-15(13)17-14(12)9-11;1-11(2)13-8-6-12(7-9-13)10-14-4-3-5-15(14)16;1-12(2)13-7-6-10-15(11-13)16-14-8-4-3-5-9-14;1-10(2)11-4-5-13-9-14(15-3)7-6-12(13)8-11;1-10(2)9-12-5-7-13(8-6-12)11(3)4/h3-12H,1-2H3;3-10,17H,1-2H3;3-7,9-10H,8H2,1-2H3;6-9,11,14H,3-5,10H2,1-2H3;3-12H,1-2H3;4-10H,1-3H3;5-8,10-11H,9H2,1-4H3. The van der Waals surface area contributed by atoms with Crippen LogP contribution >= 0.6 is 0 Å². The Morgan fingerprint density at radius 1 is 0.459 bits per heavy atom. The fraction of sp³-hybridized carbons (Fsp3) is 0.311. The van der Waals surface area contributed by atoms with Crippen molar-refractivity contribution in [3.8, 4) is 45.8 Å². The zero-order valence-electron chi connectivity index (χ0n) is 68.7. The summed E-state index contributed by atoms with van der Waals surface area (Å²) >= 11 is 0. The Bertz CT molecular complexity index is 4830. The maximum atomic E-state index is 13.9. The molecule has 578 valence electrons. The normalized spacial score (nSPS) is 12.5. The lowest BCUT2D eigenvalue weighted by molar-refractivity contribution is -0.120. The largest absolute Gasteiger partial charge is 0.508 e. The number of phenols is 1. The molecule has 0 saturated heterocycles. The predicted molar refractivity (Wildman–Crippen MR) is 463 cm³/mol. The van der Waals surface area contributed by atoms with E-state index in [0.29, 0.717) is 58.7 Å². The number of nitrogens with zero attached hydrogens (tertiary/aromatic N) is 1. The highest BCUT2D eigenvalue weighted by Gasteiger charge is 2.25. The molecular formula is C103H118FNO6. The van der Waals surface area contributed by atoms with E-state index in [0.717, 1.165) is 94.7 Å². The number of Topliss-reactive ketones (excluding diaryl/α,β-unsaturated/α-hetero) is 1. The Hall–Kier alpha value is -10.7. The molecule has 2 aliphatic rings. The first-order valence-corrected chi connectivity index (χ1v) is 39.9. The quantitative estimate of drug-likeness (QED) is 0.0908. The molecule has 8 heteroatoms. The van der Waals surface area contributed by atoms with Crippen molar-refractivity contribution in [1.29, 1.82) is 0 Å². The lowest BCUT2D eigenvalue weighted by Crippen LogP contribution is -2.09. The maximum absolute atomic E-state index is 13.9. The molecule has 7 nitrogen and oxygen atoms in total. The molecule has 111 heavy (non-hydrogen) atoms. The van der Waals surface area contributed by atoms with Crippen molar-refractivity contribution >= 4 is 22.3 Å². The molecule has 1 saturated carbocycles. The molecule has 1 aromatic heterocycles. The second-order valence-corrected chi connectivity index (χ2v) is 31.6. The van der Waals surface area contributed by atoms with Crippen molar-refractivity contribution < 1.29 is 33.3 Å². The first-order valence-electron chi connectivity index (χ1n) is 39.9. The van der Waals surface area contributed by atoms with Crippen molar-refractivity contribution in [3.05, 3.63) is 351 Å². The Balaban J connectivity index is 0.000000163. The van der Waals surface area contributed by atoms with E-state index in [9.17, 15) is 19.1 Å². The molecule has 12 aromatic rings. The molecule has 0 bridgehead atoms. The van der Waals surface area contributed by atoms with Crippen molar-refractivity contribution in [1.82, 2.24) is 4.98 Å². The Morgan fingerprint density at radius 2 is 0.964 bits per heavy atom. The molecule has 1 N–H and O–H groups in total. The van der Waals surface area contributed by atoms with Gasteiger partial charge in [0.25, 0.3) is 0 Å². The van der Waals surface area contributed by atoms with Crippen LogP contribution in [0.25, 0.3) is 21.9 Å². The van der Waals surface area contributed by atoms with Gasteiger partial charge in [-0.05, 0) is 218 Å². The van der Waals surface area contributed by atoms with E-state index < -0.39 is 0 Å². The Morgan fingerprint density at radius 3 is 1.54 bits per heavy atom. The summed E-state index contributed by atoms with van der Waals surface area (Å²) in [6.07, 6.45) is 7.80. The number of methoxy groups -OCH3 is 1. The van der Waals surface area contributed by atoms with Crippen LogP contribution in [0, 0.1) is 17.7 Å². The summed E-state index contributed by atoms with van der Waals surface area (Å²) in [7, 11) is 1.70. The predicted octanol–water partition coefficient (Wildman–Crippen LogP) is 28.6. The molecule has 14 rings (SSSR count). The summed E-state index contributed by atoms with van der Waals surface area (Å²) in [6.45, 7) is 34.9. The van der Waals surface area contributed by atoms with E-state index in [1.165, 1.54) is 67.3 Å². The van der Waals surface area contributed by atoms with Crippen LogP contribution in [0.5, 0.6) is 34.6 Å². The number of fused-ring (bicyclic) bond motifs is 3. The molecule has 0 radical (unpaired) electrons. The van der Waals surface area contributed by atoms with Gasteiger partial charge in [0.15, 0.2) is 5.78 Å². The van der Waals surface area contributed by atoms with E-state index in [2.05, 4.69) is 223 Å². The lowest BCUT2D eigenvalue weighted by Gasteiger charge is -2.20. The van der Waals surface area contributed by atoms with Gasteiger partial charge >= 0.3 is 0 Å². The van der Waals surface area contributed by atoms with Crippen LogP contribution in [-0.4, -0.2) is 28.8 Å². The third-order valence-corrected chi connectivity index (χ3v) is 20.0. The first-order chi connectivity index (χ1) is 53.2. The van der Waals surface area contributed by atoms with Crippen LogP contribution in [0.2, 0.25) is 0 Å². The Labute approximate surface area is 663 Å². The van der Waals surface area contributed by atoms with Crippen LogP contribution in [0.4, 0.5) is 4.39 Å². The number of carbonyl (C=O) groups is 2. The van der Waals surface area contributed by atoms with Crippen LogP contribution in [0.1, 0.15) is 249 Å². The van der Waals surface area contributed by atoms with Gasteiger partial charge in [0.1, 0.15) is 40.3 Å². The minimum absolute atomic E-state index is 0.0908. The van der Waals surface area contributed by atoms with Crippen molar-refractivity contribution in [2.75, 3.05) is 7.11 Å². The fourth-order valence-corrected chi connectivity index (χ4v) is 12.9. The lowest BCUT2D eigenvalue weighted by atomic mass is 9.95. The van der Waals surface area contributed by atoms with Crippen LogP contribution < -0.4 is 14.2 Å². The van der Waals surface area contributed by atoms with E-state index in [-0.39, 0.29) is 17.3 Å². The van der Waals surface area contributed by atoms with Gasteiger partial charge in [-0.25, -0.2) is 9.37 Å². The average Bonchev–Trinajstić information content (AvgIpc) is 1.37. The number of halogens is 1. The van der Waals surface area contributed by atoms with E-state index in [1.807, 2.05) is 123 Å². The third kappa shape index (κ3) is 27.1. The number of hydrogen-bond donors (Lipinski definition) is 1. The smallest absolute Gasteiger partial charge is 0.222 e. The third-order valence-electron chi connectivity index (χ3n) is 20.0. The number of rotatable bonds is 17. The number of benzene rings is 11. The molecule has 0 spiro atoms. The molecule has 2 heterocycles. The average molecular weight is 1490 g/mol. The summed E-state index contributed by atoms with van der Waals surface area (Å²) in [4.78, 5) is 28.0. The number of pyridine rings is 1. The van der Waals surface area contributed by atoms with Gasteiger partial charge in [-0.3, -0.25) is 9.59 Å². The monoisotopic (exact) mass is 1480 g/mol. The molecule has 0 amide bonds. The van der Waals surface area contributed by atoms with E-state index in [1.54, 1.807) is 49.7 Å². The zero-order valence-corrected chi connectivity index (χ0v) is 68.7. The highest BCUT2D eigenvalue weighted by molar-refractivity contribution is 6.09. The fourth-order valence-electron chi connectivity index (χ4n) is 12.9. The van der Waals surface area contributed by atoms with Gasteiger partial charge in [-0.2, -0.15) is 0 Å². The van der Waals surface area contributed by atoms with Gasteiger partial charge in [0, 0.05) is 47.2 Å². The highest BCUT2D eigenvalue weighted by atomic mass is 19.1. The summed E-state index contributed by atoms with van der Waals surface area (Å²) in [5, 5.41) is 11.7. The minimum atomic E-state index is -0.220. The van der Waals surface area contributed by atoms with Crippen molar-refractivity contribution in [2.24, 2.45) is 11.8 Å². The van der Waals surface area contributed by atoms with Gasteiger partial charge in [0.05, 0.1) is 7.11 Å². The first kappa shape index (κ1) is 85.9. The number of carbonyl (C=O) groups excluding carboxylic acids is 2. The summed E-state index contributed by atoms with van der Waals surface area (Å²) in [5.74, 6) is 9.60. The molecule has 1 aliphatic carbocycles.